The highest BCUT2D eigenvalue weighted by molar-refractivity contribution is 5.81. The zero-order valence-corrected chi connectivity index (χ0v) is 9.63. The zero-order chi connectivity index (χ0) is 11.7. The smallest absolute Gasteiger partial charge is 0.0708 e. The molecular formula is C14H16N2O. The van der Waals surface area contributed by atoms with Crippen LogP contribution in [0.3, 0.4) is 0 Å². The molecule has 1 aromatic carbocycles. The highest BCUT2D eigenvalue weighted by Gasteiger charge is 2.25. The van der Waals surface area contributed by atoms with Crippen LogP contribution < -0.4 is 5.32 Å². The van der Waals surface area contributed by atoms with Gasteiger partial charge in [-0.2, -0.15) is 0 Å². The van der Waals surface area contributed by atoms with E-state index in [2.05, 4.69) is 22.4 Å². The molecule has 1 aliphatic heterocycles. The Bertz CT molecular complexity index is 521. The van der Waals surface area contributed by atoms with Crippen LogP contribution in [0.4, 0.5) is 0 Å². The molecule has 2 N–H and O–H groups in total. The number of benzene rings is 1. The maximum atomic E-state index is 9.84. The molecule has 3 nitrogen and oxygen atoms in total. The van der Waals surface area contributed by atoms with Gasteiger partial charge in [0, 0.05) is 30.6 Å². The SMILES string of the molecule is O[C@@H]1CNC[C@H]1Cc1ccnc2ccccc12. The molecule has 1 aliphatic rings. The maximum Gasteiger partial charge on any atom is 0.0708 e. The first-order chi connectivity index (χ1) is 8.34. The summed E-state index contributed by atoms with van der Waals surface area (Å²) in [5.74, 6) is 0.320. The van der Waals surface area contributed by atoms with E-state index in [0.717, 1.165) is 18.5 Å². The van der Waals surface area contributed by atoms with Crippen molar-refractivity contribution in [1.29, 1.82) is 0 Å². The molecule has 17 heavy (non-hydrogen) atoms. The summed E-state index contributed by atoms with van der Waals surface area (Å²) in [4.78, 5) is 4.36. The predicted molar refractivity (Wildman–Crippen MR) is 67.8 cm³/mol. The van der Waals surface area contributed by atoms with E-state index >= 15 is 0 Å². The van der Waals surface area contributed by atoms with E-state index in [1.54, 1.807) is 0 Å². The third kappa shape index (κ3) is 2.04. The number of hydrogen-bond donors (Lipinski definition) is 2. The van der Waals surface area contributed by atoms with Crippen molar-refractivity contribution in [2.75, 3.05) is 13.1 Å². The van der Waals surface area contributed by atoms with E-state index in [4.69, 9.17) is 0 Å². The van der Waals surface area contributed by atoms with Crippen molar-refractivity contribution in [1.82, 2.24) is 10.3 Å². The summed E-state index contributed by atoms with van der Waals surface area (Å²) in [6.45, 7) is 1.62. The average Bonchev–Trinajstić information content (AvgIpc) is 2.76. The molecule has 3 heteroatoms. The van der Waals surface area contributed by atoms with Crippen LogP contribution in [0.25, 0.3) is 10.9 Å². The van der Waals surface area contributed by atoms with Crippen LogP contribution in [0.5, 0.6) is 0 Å². The van der Waals surface area contributed by atoms with Gasteiger partial charge in [0.05, 0.1) is 11.6 Å². The summed E-state index contributed by atoms with van der Waals surface area (Å²) in [5.41, 5.74) is 2.31. The molecule has 3 rings (SSSR count). The fourth-order valence-corrected chi connectivity index (χ4v) is 2.54. The summed E-state index contributed by atoms with van der Waals surface area (Å²) in [6, 6.07) is 10.2. The van der Waals surface area contributed by atoms with Gasteiger partial charge in [-0.3, -0.25) is 4.98 Å². The second-order valence-electron chi connectivity index (χ2n) is 4.68. The number of aromatic nitrogens is 1. The summed E-state index contributed by atoms with van der Waals surface area (Å²) in [7, 11) is 0. The Morgan fingerprint density at radius 1 is 1.24 bits per heavy atom. The third-order valence-corrected chi connectivity index (χ3v) is 3.53. The number of aliphatic hydroxyl groups is 1. The lowest BCUT2D eigenvalue weighted by atomic mass is 9.94. The van der Waals surface area contributed by atoms with Gasteiger partial charge in [0.2, 0.25) is 0 Å². The van der Waals surface area contributed by atoms with Crippen LogP contribution in [0, 0.1) is 5.92 Å². The number of hydrogen-bond acceptors (Lipinski definition) is 3. The second kappa shape index (κ2) is 4.43. The summed E-state index contributed by atoms with van der Waals surface area (Å²) >= 11 is 0. The van der Waals surface area contributed by atoms with Gasteiger partial charge in [-0.15, -0.1) is 0 Å². The number of rotatable bonds is 2. The monoisotopic (exact) mass is 228 g/mol. The lowest BCUT2D eigenvalue weighted by Crippen LogP contribution is -2.20. The van der Waals surface area contributed by atoms with Gasteiger partial charge in [-0.05, 0) is 24.1 Å². The van der Waals surface area contributed by atoms with Gasteiger partial charge in [0.15, 0.2) is 0 Å². The van der Waals surface area contributed by atoms with E-state index in [1.165, 1.54) is 10.9 Å². The Morgan fingerprint density at radius 2 is 2.12 bits per heavy atom. The number of pyridine rings is 1. The molecule has 0 spiro atoms. The van der Waals surface area contributed by atoms with Crippen molar-refractivity contribution in [3.63, 3.8) is 0 Å². The Hall–Kier alpha value is -1.45. The van der Waals surface area contributed by atoms with Crippen LogP contribution in [0.1, 0.15) is 5.56 Å². The van der Waals surface area contributed by atoms with Crippen molar-refractivity contribution in [2.45, 2.75) is 12.5 Å². The Balaban J connectivity index is 1.94. The standard InChI is InChI=1S/C14H16N2O/c17-14-9-15-8-11(14)7-10-5-6-16-13-4-2-1-3-12(10)13/h1-6,11,14-15,17H,7-9H2/t11-,14-/m1/s1. The molecule has 2 atom stereocenters. The Labute approximate surface area is 100 Å². The lowest BCUT2D eigenvalue weighted by molar-refractivity contribution is 0.148. The summed E-state index contributed by atoms with van der Waals surface area (Å²) in [5, 5.41) is 14.3. The minimum absolute atomic E-state index is 0.220. The molecule has 0 unspecified atom stereocenters. The first-order valence-electron chi connectivity index (χ1n) is 6.06. The van der Waals surface area contributed by atoms with E-state index in [9.17, 15) is 5.11 Å². The minimum atomic E-state index is -0.220. The van der Waals surface area contributed by atoms with E-state index in [0.29, 0.717) is 12.5 Å². The quantitative estimate of drug-likeness (QED) is 0.815. The van der Waals surface area contributed by atoms with Crippen LogP contribution in [-0.2, 0) is 6.42 Å². The molecule has 88 valence electrons. The molecule has 0 radical (unpaired) electrons. The first-order valence-corrected chi connectivity index (χ1v) is 6.06. The van der Waals surface area contributed by atoms with Crippen molar-refractivity contribution < 1.29 is 5.11 Å². The fourth-order valence-electron chi connectivity index (χ4n) is 2.54. The fraction of sp³-hybridized carbons (Fsp3) is 0.357. The van der Waals surface area contributed by atoms with Crippen LogP contribution in [0.15, 0.2) is 36.5 Å². The van der Waals surface area contributed by atoms with Crippen molar-refractivity contribution in [3.05, 3.63) is 42.1 Å². The van der Waals surface area contributed by atoms with E-state index in [1.807, 2.05) is 24.4 Å². The molecule has 1 aromatic heterocycles. The summed E-state index contributed by atoms with van der Waals surface area (Å²) in [6.07, 6.45) is 2.55. The van der Waals surface area contributed by atoms with Gasteiger partial charge in [-0.25, -0.2) is 0 Å². The number of β-amino-alcohol motifs (C(OH)–C–C–N with tert-alkyl or cyclic N) is 1. The van der Waals surface area contributed by atoms with Gasteiger partial charge in [0.1, 0.15) is 0 Å². The molecule has 1 fully saturated rings. The summed E-state index contributed by atoms with van der Waals surface area (Å²) < 4.78 is 0. The molecule has 2 heterocycles. The van der Waals surface area contributed by atoms with Crippen molar-refractivity contribution in [2.24, 2.45) is 5.92 Å². The van der Waals surface area contributed by atoms with Crippen molar-refractivity contribution >= 4 is 10.9 Å². The van der Waals surface area contributed by atoms with Gasteiger partial charge < -0.3 is 10.4 Å². The number of aliphatic hydroxyl groups excluding tert-OH is 1. The molecular weight excluding hydrogens is 212 g/mol. The molecule has 0 saturated carbocycles. The number of para-hydroxylation sites is 1. The normalized spacial score (nSPS) is 24.3. The molecule has 2 aromatic rings. The first kappa shape index (κ1) is 10.7. The van der Waals surface area contributed by atoms with Crippen molar-refractivity contribution in [3.8, 4) is 0 Å². The van der Waals surface area contributed by atoms with Crippen LogP contribution in [0.2, 0.25) is 0 Å². The lowest BCUT2D eigenvalue weighted by Gasteiger charge is -2.14. The molecule has 1 saturated heterocycles. The number of nitrogens with one attached hydrogen (secondary N) is 1. The number of nitrogens with zero attached hydrogens (tertiary/aromatic N) is 1. The highest BCUT2D eigenvalue weighted by Crippen LogP contribution is 2.22. The average molecular weight is 228 g/mol. The highest BCUT2D eigenvalue weighted by atomic mass is 16.3. The van der Waals surface area contributed by atoms with Gasteiger partial charge in [0.25, 0.3) is 0 Å². The van der Waals surface area contributed by atoms with Crippen LogP contribution in [-0.4, -0.2) is 29.3 Å². The Morgan fingerprint density at radius 3 is 2.94 bits per heavy atom. The molecule has 0 bridgehead atoms. The topological polar surface area (TPSA) is 45.1 Å². The maximum absolute atomic E-state index is 9.84. The zero-order valence-electron chi connectivity index (χ0n) is 9.63. The molecule has 0 amide bonds. The van der Waals surface area contributed by atoms with Gasteiger partial charge in [-0.1, -0.05) is 18.2 Å². The molecule has 0 aliphatic carbocycles. The largest absolute Gasteiger partial charge is 0.391 e. The minimum Gasteiger partial charge on any atom is -0.391 e. The van der Waals surface area contributed by atoms with E-state index < -0.39 is 0 Å². The van der Waals surface area contributed by atoms with Crippen LogP contribution >= 0.6 is 0 Å². The van der Waals surface area contributed by atoms with Gasteiger partial charge >= 0.3 is 0 Å². The second-order valence-corrected chi connectivity index (χ2v) is 4.68. The predicted octanol–water partition coefficient (Wildman–Crippen LogP) is 1.36. The Kier molecular flexibility index (Phi) is 2.79. The number of fused-ring (bicyclic) bond motifs is 1. The third-order valence-electron chi connectivity index (χ3n) is 3.53. The van der Waals surface area contributed by atoms with E-state index in [-0.39, 0.29) is 6.10 Å².